The Balaban J connectivity index is 1.98. The third-order valence-electron chi connectivity index (χ3n) is 4.19. The number of H-pyrrole nitrogens is 1. The maximum atomic E-state index is 4.73. The lowest BCUT2D eigenvalue weighted by atomic mass is 10.2. The maximum absolute atomic E-state index is 4.73. The summed E-state index contributed by atoms with van der Waals surface area (Å²) in [6.45, 7) is 8.34. The molecule has 24 heavy (non-hydrogen) atoms. The molecule has 5 nitrogen and oxygen atoms in total. The molecule has 0 spiro atoms. The van der Waals surface area contributed by atoms with E-state index in [2.05, 4.69) is 54.2 Å². The van der Waals surface area contributed by atoms with Crippen LogP contribution in [-0.2, 0) is 6.42 Å². The van der Waals surface area contributed by atoms with Crippen molar-refractivity contribution >= 4 is 28.4 Å². The normalized spacial score (nSPS) is 11.0. The highest BCUT2D eigenvalue weighted by molar-refractivity contribution is 5.92. The first-order chi connectivity index (χ1) is 11.7. The van der Waals surface area contributed by atoms with Gasteiger partial charge in [-0.05, 0) is 32.4 Å². The summed E-state index contributed by atoms with van der Waals surface area (Å²) in [7, 11) is 0. The predicted molar refractivity (Wildman–Crippen MR) is 101 cm³/mol. The summed E-state index contributed by atoms with van der Waals surface area (Å²) in [6.07, 6.45) is 3.98. The molecule has 3 aromatic rings. The van der Waals surface area contributed by atoms with E-state index in [1.54, 1.807) is 0 Å². The fraction of sp³-hybridized carbons (Fsp3) is 0.368. The molecule has 0 saturated heterocycles. The van der Waals surface area contributed by atoms with Crippen LogP contribution in [0.4, 0.5) is 17.5 Å². The van der Waals surface area contributed by atoms with Gasteiger partial charge < -0.3 is 15.2 Å². The second-order valence-electron chi connectivity index (χ2n) is 5.84. The quantitative estimate of drug-likeness (QED) is 0.672. The van der Waals surface area contributed by atoms with Crippen molar-refractivity contribution in [2.24, 2.45) is 0 Å². The summed E-state index contributed by atoms with van der Waals surface area (Å²) in [6, 6.07) is 10.4. The van der Waals surface area contributed by atoms with Crippen molar-refractivity contribution in [3.8, 4) is 0 Å². The van der Waals surface area contributed by atoms with E-state index in [1.807, 2.05) is 18.3 Å². The molecule has 5 heteroatoms. The van der Waals surface area contributed by atoms with Crippen molar-refractivity contribution in [3.05, 3.63) is 42.2 Å². The maximum Gasteiger partial charge on any atom is 0.229 e. The number of hydrogen-bond acceptors (Lipinski definition) is 4. The lowest BCUT2D eigenvalue weighted by molar-refractivity contribution is 0.824. The number of para-hydroxylation sites is 1. The number of benzene rings is 1. The first-order valence-corrected chi connectivity index (χ1v) is 8.71. The molecule has 0 aliphatic rings. The number of rotatable bonds is 7. The molecule has 2 aromatic heterocycles. The first-order valence-electron chi connectivity index (χ1n) is 8.71. The van der Waals surface area contributed by atoms with Gasteiger partial charge in [-0.25, -0.2) is 4.98 Å². The molecular weight excluding hydrogens is 298 g/mol. The Labute approximate surface area is 143 Å². The second-order valence-corrected chi connectivity index (χ2v) is 5.84. The number of aromatic amines is 1. The lowest BCUT2D eigenvalue weighted by Crippen LogP contribution is -2.23. The molecule has 0 fully saturated rings. The van der Waals surface area contributed by atoms with Gasteiger partial charge in [-0.3, -0.25) is 0 Å². The van der Waals surface area contributed by atoms with Crippen LogP contribution in [0, 0.1) is 0 Å². The fourth-order valence-corrected chi connectivity index (χ4v) is 2.94. The van der Waals surface area contributed by atoms with Crippen LogP contribution in [0.3, 0.4) is 0 Å². The van der Waals surface area contributed by atoms with Crippen molar-refractivity contribution < 1.29 is 0 Å². The summed E-state index contributed by atoms with van der Waals surface area (Å²) in [5.41, 5.74) is 3.15. The number of aryl methyl sites for hydroxylation is 1. The van der Waals surface area contributed by atoms with Crippen LogP contribution in [0.5, 0.6) is 0 Å². The standard InChI is InChI=1S/C19H25N5/c1-4-8-15-13-17(24(5-2)6-3)23-19(21-15)22-16-10-7-9-14-11-12-20-18(14)16/h7,9-13,20H,4-6,8H2,1-3H3,(H,21,22,23). The Kier molecular flexibility index (Phi) is 4.99. The fourth-order valence-electron chi connectivity index (χ4n) is 2.94. The zero-order valence-corrected chi connectivity index (χ0v) is 14.6. The monoisotopic (exact) mass is 323 g/mol. The highest BCUT2D eigenvalue weighted by atomic mass is 15.2. The van der Waals surface area contributed by atoms with E-state index in [-0.39, 0.29) is 0 Å². The summed E-state index contributed by atoms with van der Waals surface area (Å²) >= 11 is 0. The number of nitrogens with one attached hydrogen (secondary N) is 2. The zero-order chi connectivity index (χ0) is 16.9. The van der Waals surface area contributed by atoms with Crippen LogP contribution in [0.15, 0.2) is 36.5 Å². The topological polar surface area (TPSA) is 56.8 Å². The smallest absolute Gasteiger partial charge is 0.229 e. The third kappa shape index (κ3) is 3.35. The molecular formula is C19H25N5. The molecule has 0 bridgehead atoms. The van der Waals surface area contributed by atoms with Crippen LogP contribution in [-0.4, -0.2) is 28.0 Å². The van der Waals surface area contributed by atoms with Crippen LogP contribution in [0.25, 0.3) is 10.9 Å². The van der Waals surface area contributed by atoms with Crippen molar-refractivity contribution in [1.82, 2.24) is 15.0 Å². The zero-order valence-electron chi connectivity index (χ0n) is 14.6. The van der Waals surface area contributed by atoms with Gasteiger partial charge in [-0.2, -0.15) is 4.98 Å². The van der Waals surface area contributed by atoms with Crippen molar-refractivity contribution in [2.75, 3.05) is 23.3 Å². The van der Waals surface area contributed by atoms with Crippen LogP contribution in [0.1, 0.15) is 32.9 Å². The van der Waals surface area contributed by atoms with Gasteiger partial charge in [-0.15, -0.1) is 0 Å². The molecule has 2 N–H and O–H groups in total. The molecule has 0 atom stereocenters. The van der Waals surface area contributed by atoms with Gasteiger partial charge in [0.15, 0.2) is 0 Å². The minimum Gasteiger partial charge on any atom is -0.359 e. The van der Waals surface area contributed by atoms with Crippen molar-refractivity contribution in [1.29, 1.82) is 0 Å². The van der Waals surface area contributed by atoms with Gasteiger partial charge in [0.05, 0.1) is 11.2 Å². The minimum absolute atomic E-state index is 0.657. The van der Waals surface area contributed by atoms with Gasteiger partial charge in [0.1, 0.15) is 5.82 Å². The van der Waals surface area contributed by atoms with E-state index in [9.17, 15) is 0 Å². The predicted octanol–water partition coefficient (Wildman–Crippen LogP) is 4.50. The molecule has 126 valence electrons. The molecule has 0 aliphatic heterocycles. The van der Waals surface area contributed by atoms with E-state index in [0.717, 1.165) is 48.6 Å². The van der Waals surface area contributed by atoms with Gasteiger partial charge in [0, 0.05) is 36.4 Å². The van der Waals surface area contributed by atoms with Crippen LogP contribution < -0.4 is 10.2 Å². The van der Waals surface area contributed by atoms with Crippen molar-refractivity contribution in [2.45, 2.75) is 33.6 Å². The van der Waals surface area contributed by atoms with Gasteiger partial charge in [-0.1, -0.05) is 25.5 Å². The van der Waals surface area contributed by atoms with Gasteiger partial charge in [0.2, 0.25) is 5.95 Å². The average Bonchev–Trinajstić information content (AvgIpc) is 3.06. The van der Waals surface area contributed by atoms with E-state index in [1.165, 1.54) is 5.39 Å². The average molecular weight is 323 g/mol. The molecule has 0 aliphatic carbocycles. The molecule has 0 unspecified atom stereocenters. The highest BCUT2D eigenvalue weighted by Crippen LogP contribution is 2.25. The van der Waals surface area contributed by atoms with Crippen LogP contribution >= 0.6 is 0 Å². The minimum atomic E-state index is 0.657. The summed E-state index contributed by atoms with van der Waals surface area (Å²) < 4.78 is 0. The molecule has 0 radical (unpaired) electrons. The Hall–Kier alpha value is -2.56. The van der Waals surface area contributed by atoms with E-state index < -0.39 is 0 Å². The van der Waals surface area contributed by atoms with E-state index in [4.69, 9.17) is 9.97 Å². The SMILES string of the molecule is CCCc1cc(N(CC)CC)nc(Nc2cccc3cc[nH]c23)n1. The number of aromatic nitrogens is 3. The number of hydrogen-bond donors (Lipinski definition) is 2. The van der Waals surface area contributed by atoms with Crippen molar-refractivity contribution in [3.63, 3.8) is 0 Å². The Morgan fingerprint density at radius 3 is 2.67 bits per heavy atom. The third-order valence-corrected chi connectivity index (χ3v) is 4.19. The molecule has 3 rings (SSSR count). The van der Waals surface area contributed by atoms with Crippen LogP contribution in [0.2, 0.25) is 0 Å². The second kappa shape index (κ2) is 7.34. The first kappa shape index (κ1) is 16.3. The van der Waals surface area contributed by atoms with E-state index >= 15 is 0 Å². The molecule has 1 aromatic carbocycles. The highest BCUT2D eigenvalue weighted by Gasteiger charge is 2.10. The molecule has 0 amide bonds. The number of nitrogens with zero attached hydrogens (tertiary/aromatic N) is 3. The largest absolute Gasteiger partial charge is 0.359 e. The van der Waals surface area contributed by atoms with E-state index in [0.29, 0.717) is 5.95 Å². The van der Waals surface area contributed by atoms with Gasteiger partial charge >= 0.3 is 0 Å². The Morgan fingerprint density at radius 1 is 1.08 bits per heavy atom. The summed E-state index contributed by atoms with van der Waals surface area (Å²) in [5, 5.41) is 4.57. The Morgan fingerprint density at radius 2 is 1.92 bits per heavy atom. The number of fused-ring (bicyclic) bond motifs is 1. The number of anilines is 3. The molecule has 2 heterocycles. The molecule has 0 saturated carbocycles. The lowest BCUT2D eigenvalue weighted by Gasteiger charge is -2.21. The summed E-state index contributed by atoms with van der Waals surface area (Å²) in [5.74, 6) is 1.64. The Bertz CT molecular complexity index is 804. The summed E-state index contributed by atoms with van der Waals surface area (Å²) in [4.78, 5) is 15.0. The van der Waals surface area contributed by atoms with Gasteiger partial charge in [0.25, 0.3) is 0 Å².